The first-order chi connectivity index (χ1) is 13.9. The Morgan fingerprint density at radius 3 is 1.90 bits per heavy atom. The van der Waals surface area contributed by atoms with Crippen molar-refractivity contribution in [1.29, 1.82) is 0 Å². The molecule has 1 fully saturated rings. The normalized spacial score (nSPS) is 14.7. The van der Waals surface area contributed by atoms with Crippen molar-refractivity contribution < 1.29 is 19.8 Å². The summed E-state index contributed by atoms with van der Waals surface area (Å²) < 4.78 is 0. The molecular formula is C21H25ClN2O4S. The molecule has 1 saturated heterocycles. The minimum absolute atomic E-state index is 0.879. The lowest BCUT2D eigenvalue weighted by Gasteiger charge is -2.34. The van der Waals surface area contributed by atoms with Crippen molar-refractivity contribution in [2.45, 2.75) is 18.0 Å². The Labute approximate surface area is 180 Å². The van der Waals surface area contributed by atoms with Gasteiger partial charge in [-0.25, -0.2) is 9.59 Å². The summed E-state index contributed by atoms with van der Waals surface area (Å²) >= 11 is 8.06. The monoisotopic (exact) mass is 436 g/mol. The van der Waals surface area contributed by atoms with Crippen LogP contribution in [0.3, 0.4) is 0 Å². The molecule has 0 aliphatic carbocycles. The van der Waals surface area contributed by atoms with Gasteiger partial charge in [0.25, 0.3) is 0 Å². The molecule has 0 bridgehead atoms. The smallest absolute Gasteiger partial charge is 0.414 e. The number of halogens is 1. The van der Waals surface area contributed by atoms with Crippen molar-refractivity contribution in [2.24, 2.45) is 0 Å². The van der Waals surface area contributed by atoms with E-state index in [1.807, 2.05) is 12.1 Å². The number of carboxylic acid groups (broad SMARTS) is 2. The number of benzene rings is 2. The zero-order valence-corrected chi connectivity index (χ0v) is 17.8. The van der Waals surface area contributed by atoms with Gasteiger partial charge in [-0.2, -0.15) is 0 Å². The van der Waals surface area contributed by atoms with E-state index >= 15 is 0 Å². The number of hydrogen-bond donors (Lipinski definition) is 2. The van der Waals surface area contributed by atoms with Crippen LogP contribution >= 0.6 is 23.4 Å². The van der Waals surface area contributed by atoms with E-state index in [9.17, 15) is 0 Å². The van der Waals surface area contributed by atoms with Gasteiger partial charge in [-0.1, -0.05) is 41.9 Å². The Morgan fingerprint density at radius 2 is 1.41 bits per heavy atom. The van der Waals surface area contributed by atoms with Crippen molar-refractivity contribution in [2.75, 3.05) is 32.4 Å². The van der Waals surface area contributed by atoms with E-state index in [-0.39, 0.29) is 0 Å². The maximum Gasteiger partial charge on any atom is 0.414 e. The maximum atomic E-state index is 9.10. The number of nitrogens with zero attached hydrogens (tertiary/aromatic N) is 2. The molecule has 0 saturated carbocycles. The van der Waals surface area contributed by atoms with Gasteiger partial charge in [0.1, 0.15) is 0 Å². The molecule has 3 rings (SSSR count). The largest absolute Gasteiger partial charge is 0.473 e. The van der Waals surface area contributed by atoms with Gasteiger partial charge in [0.2, 0.25) is 0 Å². The second-order valence-electron chi connectivity index (χ2n) is 6.60. The number of piperazine rings is 1. The lowest BCUT2D eigenvalue weighted by atomic mass is 10.1. The van der Waals surface area contributed by atoms with Crippen molar-refractivity contribution in [3.05, 3.63) is 64.7 Å². The molecule has 0 spiro atoms. The highest BCUT2D eigenvalue weighted by Crippen LogP contribution is 2.19. The van der Waals surface area contributed by atoms with E-state index in [2.05, 4.69) is 52.5 Å². The van der Waals surface area contributed by atoms with Crippen LogP contribution in [0.1, 0.15) is 11.1 Å². The highest BCUT2D eigenvalue weighted by atomic mass is 35.5. The van der Waals surface area contributed by atoms with E-state index in [4.69, 9.17) is 31.4 Å². The number of hydrogen-bond acceptors (Lipinski definition) is 5. The Bertz CT molecular complexity index is 797. The van der Waals surface area contributed by atoms with Crippen LogP contribution in [-0.4, -0.2) is 64.4 Å². The Morgan fingerprint density at radius 1 is 0.897 bits per heavy atom. The van der Waals surface area contributed by atoms with Gasteiger partial charge >= 0.3 is 11.9 Å². The topological polar surface area (TPSA) is 81.1 Å². The molecule has 0 radical (unpaired) electrons. The molecule has 1 aliphatic heterocycles. The maximum absolute atomic E-state index is 9.10. The molecule has 2 aromatic rings. The fourth-order valence-electron chi connectivity index (χ4n) is 2.96. The highest BCUT2D eigenvalue weighted by molar-refractivity contribution is 7.98. The first-order valence-corrected chi connectivity index (χ1v) is 10.8. The molecule has 0 aromatic heterocycles. The van der Waals surface area contributed by atoms with E-state index in [0.29, 0.717) is 0 Å². The van der Waals surface area contributed by atoms with Crippen LogP contribution in [0.2, 0.25) is 5.02 Å². The summed E-state index contributed by atoms with van der Waals surface area (Å²) in [6, 6.07) is 17.1. The van der Waals surface area contributed by atoms with Crippen molar-refractivity contribution >= 4 is 35.3 Å². The van der Waals surface area contributed by atoms with E-state index in [1.54, 1.807) is 11.8 Å². The highest BCUT2D eigenvalue weighted by Gasteiger charge is 2.17. The fraction of sp³-hybridized carbons (Fsp3) is 0.333. The van der Waals surface area contributed by atoms with Crippen molar-refractivity contribution in [3.8, 4) is 0 Å². The van der Waals surface area contributed by atoms with E-state index in [1.165, 1.54) is 16.0 Å². The summed E-state index contributed by atoms with van der Waals surface area (Å²) in [6.45, 7) is 6.45. The van der Waals surface area contributed by atoms with Gasteiger partial charge < -0.3 is 10.2 Å². The second kappa shape index (κ2) is 11.8. The number of aliphatic carboxylic acids is 2. The molecule has 0 atom stereocenters. The van der Waals surface area contributed by atoms with Gasteiger partial charge in [-0.3, -0.25) is 9.80 Å². The summed E-state index contributed by atoms with van der Waals surface area (Å²) in [5, 5.41) is 15.7. The van der Waals surface area contributed by atoms with Crippen LogP contribution in [0.15, 0.2) is 53.4 Å². The van der Waals surface area contributed by atoms with Gasteiger partial charge in [0.05, 0.1) is 0 Å². The second-order valence-corrected chi connectivity index (χ2v) is 7.89. The Hall–Kier alpha value is -2.06. The number of thioether (sulfide) groups is 1. The number of carboxylic acids is 2. The molecule has 0 amide bonds. The SMILES string of the molecule is CSc1ccc(CN2CCN(Cc3ccccc3Cl)CC2)cc1.O=C(O)C(=O)O. The first-order valence-electron chi connectivity index (χ1n) is 9.16. The predicted octanol–water partition coefficient (Wildman–Crippen LogP) is 3.54. The third kappa shape index (κ3) is 8.06. The third-order valence-corrected chi connectivity index (χ3v) is 5.68. The zero-order chi connectivity index (χ0) is 21.2. The van der Waals surface area contributed by atoms with Crippen molar-refractivity contribution in [1.82, 2.24) is 9.80 Å². The molecular weight excluding hydrogens is 412 g/mol. The summed E-state index contributed by atoms with van der Waals surface area (Å²) in [7, 11) is 0. The molecule has 2 aromatic carbocycles. The molecule has 6 nitrogen and oxygen atoms in total. The predicted molar refractivity (Wildman–Crippen MR) is 116 cm³/mol. The molecule has 2 N–H and O–H groups in total. The Kier molecular flexibility index (Phi) is 9.47. The van der Waals surface area contributed by atoms with Crippen LogP contribution in [0.5, 0.6) is 0 Å². The number of carbonyl (C=O) groups is 2. The summed E-state index contributed by atoms with van der Waals surface area (Å²) in [5.74, 6) is -3.65. The fourth-order valence-corrected chi connectivity index (χ4v) is 3.57. The van der Waals surface area contributed by atoms with Crippen LogP contribution in [0.4, 0.5) is 0 Å². The molecule has 8 heteroatoms. The first kappa shape index (κ1) is 23.2. The molecule has 29 heavy (non-hydrogen) atoms. The minimum Gasteiger partial charge on any atom is -0.473 e. The van der Waals surface area contributed by atoms with Crippen molar-refractivity contribution in [3.63, 3.8) is 0 Å². The van der Waals surface area contributed by atoms with Gasteiger partial charge in [-0.05, 0) is 35.6 Å². The standard InChI is InChI=1S/C19H23ClN2S.C2H2O4/c1-23-18-8-6-16(7-9-18)14-21-10-12-22(13-11-21)15-17-4-2-3-5-19(17)20;3-1(4)2(5)6/h2-9H,10-15H2,1H3;(H,3,4)(H,5,6). The van der Waals surface area contributed by atoms with Gasteiger partial charge in [0.15, 0.2) is 0 Å². The van der Waals surface area contributed by atoms with E-state index in [0.717, 1.165) is 44.3 Å². The summed E-state index contributed by atoms with van der Waals surface area (Å²) in [4.78, 5) is 24.6. The summed E-state index contributed by atoms with van der Waals surface area (Å²) in [6.07, 6.45) is 2.12. The average Bonchev–Trinajstić information content (AvgIpc) is 2.72. The molecule has 156 valence electrons. The summed E-state index contributed by atoms with van der Waals surface area (Å²) in [5.41, 5.74) is 2.64. The number of rotatable bonds is 5. The van der Waals surface area contributed by atoms with Crippen LogP contribution in [-0.2, 0) is 22.7 Å². The van der Waals surface area contributed by atoms with Gasteiger partial charge in [0, 0.05) is 49.2 Å². The lowest BCUT2D eigenvalue weighted by Crippen LogP contribution is -2.45. The lowest BCUT2D eigenvalue weighted by molar-refractivity contribution is -0.159. The van der Waals surface area contributed by atoms with Crippen LogP contribution in [0, 0.1) is 0 Å². The van der Waals surface area contributed by atoms with Crippen LogP contribution < -0.4 is 0 Å². The molecule has 1 aliphatic rings. The zero-order valence-electron chi connectivity index (χ0n) is 16.3. The van der Waals surface area contributed by atoms with Gasteiger partial charge in [-0.15, -0.1) is 11.8 Å². The average molecular weight is 437 g/mol. The minimum atomic E-state index is -1.82. The van der Waals surface area contributed by atoms with Crippen LogP contribution in [0.25, 0.3) is 0 Å². The molecule has 1 heterocycles. The molecule has 0 unspecified atom stereocenters. The Balaban J connectivity index is 0.000000438. The third-order valence-electron chi connectivity index (χ3n) is 4.56. The van der Waals surface area contributed by atoms with E-state index < -0.39 is 11.9 Å². The quantitative estimate of drug-likeness (QED) is 0.548.